The highest BCUT2D eigenvalue weighted by Gasteiger charge is 2.42. The van der Waals surface area contributed by atoms with E-state index < -0.39 is 0 Å². The first-order valence-corrected chi connectivity index (χ1v) is 9.62. The standard InChI is InChI=1S/C20H17BrN6O/c1-10-3-5-24-8-14(10)18-17(21)13-7-16(25-9-15(13)19(23)27-18)26-20(28)12-6-11(12)2-4-22/h3,5,7-9,11-12H,2,6H2,1H3,(H2,23,27)(H,25,26,28). The molecule has 1 saturated carbocycles. The average molecular weight is 437 g/mol. The van der Waals surface area contributed by atoms with Crippen molar-refractivity contribution in [3.8, 4) is 17.3 Å². The highest BCUT2D eigenvalue weighted by Crippen LogP contribution is 2.42. The Bertz CT molecular complexity index is 1140. The lowest BCUT2D eigenvalue weighted by atomic mass is 10.1. The summed E-state index contributed by atoms with van der Waals surface area (Å²) in [7, 11) is 0. The lowest BCUT2D eigenvalue weighted by molar-refractivity contribution is -0.117. The van der Waals surface area contributed by atoms with Gasteiger partial charge in [0.15, 0.2) is 0 Å². The number of nitrogens with one attached hydrogen (secondary N) is 1. The van der Waals surface area contributed by atoms with Gasteiger partial charge in [-0.3, -0.25) is 9.78 Å². The molecular formula is C20H17BrN6O. The third-order valence-corrected chi connectivity index (χ3v) is 5.82. The van der Waals surface area contributed by atoms with E-state index in [1.165, 1.54) is 0 Å². The van der Waals surface area contributed by atoms with Crippen LogP contribution in [-0.2, 0) is 4.79 Å². The van der Waals surface area contributed by atoms with Gasteiger partial charge in [0.05, 0.1) is 16.2 Å². The topological polar surface area (TPSA) is 118 Å². The zero-order chi connectivity index (χ0) is 19.8. The van der Waals surface area contributed by atoms with Gasteiger partial charge in [-0.05, 0) is 52.9 Å². The van der Waals surface area contributed by atoms with Crippen LogP contribution in [0.3, 0.4) is 0 Å². The minimum Gasteiger partial charge on any atom is -0.383 e. The third-order valence-electron chi connectivity index (χ3n) is 5.01. The summed E-state index contributed by atoms with van der Waals surface area (Å²) < 4.78 is 0.763. The summed E-state index contributed by atoms with van der Waals surface area (Å²) in [6.07, 6.45) is 6.24. The van der Waals surface area contributed by atoms with E-state index in [9.17, 15) is 4.79 Å². The Hall–Kier alpha value is -3.05. The fourth-order valence-electron chi connectivity index (χ4n) is 3.29. The maximum atomic E-state index is 12.4. The molecule has 8 heteroatoms. The number of amides is 1. The molecule has 3 aromatic heterocycles. The molecule has 0 spiro atoms. The van der Waals surface area contributed by atoms with E-state index in [-0.39, 0.29) is 17.7 Å². The fourth-order valence-corrected chi connectivity index (χ4v) is 3.92. The van der Waals surface area contributed by atoms with Crippen LogP contribution in [0.2, 0.25) is 0 Å². The van der Waals surface area contributed by atoms with Crippen LogP contribution in [-0.4, -0.2) is 20.9 Å². The van der Waals surface area contributed by atoms with Gasteiger partial charge in [-0.1, -0.05) is 0 Å². The molecule has 28 heavy (non-hydrogen) atoms. The minimum atomic E-state index is -0.114. The number of fused-ring (bicyclic) bond motifs is 1. The van der Waals surface area contributed by atoms with Gasteiger partial charge in [-0.2, -0.15) is 5.26 Å². The smallest absolute Gasteiger partial charge is 0.228 e. The second-order valence-corrected chi connectivity index (χ2v) is 7.71. The van der Waals surface area contributed by atoms with Crippen molar-refractivity contribution in [2.24, 2.45) is 11.8 Å². The van der Waals surface area contributed by atoms with E-state index in [0.717, 1.165) is 27.4 Å². The van der Waals surface area contributed by atoms with Crippen molar-refractivity contribution in [3.63, 3.8) is 0 Å². The Balaban J connectivity index is 1.71. The van der Waals surface area contributed by atoms with Crippen LogP contribution in [0.15, 0.2) is 35.2 Å². The van der Waals surface area contributed by atoms with Crippen LogP contribution in [0.1, 0.15) is 18.4 Å². The Morgan fingerprint density at radius 3 is 3.00 bits per heavy atom. The Morgan fingerprint density at radius 1 is 1.43 bits per heavy atom. The van der Waals surface area contributed by atoms with Crippen LogP contribution in [0.5, 0.6) is 0 Å². The Morgan fingerprint density at radius 2 is 2.25 bits per heavy atom. The molecule has 3 N–H and O–H groups in total. The number of aromatic nitrogens is 3. The molecule has 3 aromatic rings. The zero-order valence-electron chi connectivity index (χ0n) is 15.1. The molecule has 0 aromatic carbocycles. The summed E-state index contributed by atoms with van der Waals surface area (Å²) in [5.74, 6) is 0.737. The number of nitrogens with two attached hydrogens (primary N) is 1. The van der Waals surface area contributed by atoms with Gasteiger partial charge in [0.2, 0.25) is 5.91 Å². The average Bonchev–Trinajstić information content (AvgIpc) is 3.45. The molecular weight excluding hydrogens is 420 g/mol. The van der Waals surface area contributed by atoms with E-state index >= 15 is 0 Å². The molecule has 0 radical (unpaired) electrons. The lowest BCUT2D eigenvalue weighted by Gasteiger charge is -2.12. The molecule has 7 nitrogen and oxygen atoms in total. The quantitative estimate of drug-likeness (QED) is 0.641. The van der Waals surface area contributed by atoms with E-state index in [4.69, 9.17) is 11.0 Å². The largest absolute Gasteiger partial charge is 0.383 e. The predicted molar refractivity (Wildman–Crippen MR) is 110 cm³/mol. The lowest BCUT2D eigenvalue weighted by Crippen LogP contribution is -2.15. The van der Waals surface area contributed by atoms with Gasteiger partial charge in [0.25, 0.3) is 0 Å². The minimum absolute atomic E-state index is 0.103. The van der Waals surface area contributed by atoms with Gasteiger partial charge in [0, 0.05) is 47.3 Å². The van der Waals surface area contributed by atoms with Crippen LogP contribution in [0.4, 0.5) is 11.6 Å². The van der Waals surface area contributed by atoms with Crippen molar-refractivity contribution in [1.82, 2.24) is 15.0 Å². The van der Waals surface area contributed by atoms with Crippen molar-refractivity contribution in [3.05, 3.63) is 40.8 Å². The first kappa shape index (κ1) is 18.3. The molecule has 0 saturated heterocycles. The van der Waals surface area contributed by atoms with Crippen LogP contribution in [0.25, 0.3) is 22.0 Å². The number of nitrogens with zero attached hydrogens (tertiary/aromatic N) is 4. The van der Waals surface area contributed by atoms with Gasteiger partial charge < -0.3 is 11.1 Å². The Labute approximate surface area is 170 Å². The predicted octanol–water partition coefficient (Wildman–Crippen LogP) is 3.83. The van der Waals surface area contributed by atoms with Crippen molar-refractivity contribution in [2.75, 3.05) is 11.1 Å². The van der Waals surface area contributed by atoms with Crippen LogP contribution < -0.4 is 11.1 Å². The molecule has 1 aliphatic carbocycles. The number of hydrogen-bond donors (Lipinski definition) is 2. The molecule has 0 bridgehead atoms. The van der Waals surface area contributed by atoms with E-state index in [0.29, 0.717) is 29.1 Å². The van der Waals surface area contributed by atoms with E-state index in [1.807, 2.05) is 13.0 Å². The zero-order valence-corrected chi connectivity index (χ0v) is 16.7. The fraction of sp³-hybridized carbons (Fsp3) is 0.250. The van der Waals surface area contributed by atoms with Crippen molar-refractivity contribution in [1.29, 1.82) is 5.26 Å². The molecule has 0 aliphatic heterocycles. The highest BCUT2D eigenvalue weighted by atomic mass is 79.9. The summed E-state index contributed by atoms with van der Waals surface area (Å²) in [5.41, 5.74) is 8.76. The van der Waals surface area contributed by atoms with Crippen molar-refractivity contribution < 1.29 is 4.79 Å². The van der Waals surface area contributed by atoms with Gasteiger partial charge >= 0.3 is 0 Å². The second-order valence-electron chi connectivity index (χ2n) is 6.92. The molecule has 2 atom stereocenters. The molecule has 1 amide bonds. The Kier molecular flexibility index (Phi) is 4.69. The number of halogens is 1. The third kappa shape index (κ3) is 3.29. The molecule has 140 valence electrons. The monoisotopic (exact) mass is 436 g/mol. The number of nitrogen functional groups attached to an aromatic ring is 1. The normalized spacial score (nSPS) is 17.9. The molecule has 1 fully saturated rings. The maximum Gasteiger partial charge on any atom is 0.228 e. The molecule has 4 rings (SSSR count). The van der Waals surface area contributed by atoms with E-state index in [2.05, 4.69) is 42.3 Å². The number of carbonyl (C=O) groups excluding carboxylic acids is 1. The van der Waals surface area contributed by atoms with Crippen LogP contribution in [0, 0.1) is 30.1 Å². The van der Waals surface area contributed by atoms with Gasteiger partial charge in [-0.25, -0.2) is 9.97 Å². The number of rotatable bonds is 4. The number of nitriles is 1. The maximum absolute atomic E-state index is 12.4. The van der Waals surface area contributed by atoms with E-state index in [1.54, 1.807) is 24.7 Å². The molecule has 1 aliphatic rings. The summed E-state index contributed by atoms with van der Waals surface area (Å²) in [6.45, 7) is 1.98. The number of pyridine rings is 3. The summed E-state index contributed by atoms with van der Waals surface area (Å²) in [4.78, 5) is 25.4. The molecule has 3 heterocycles. The van der Waals surface area contributed by atoms with Gasteiger partial charge in [-0.15, -0.1) is 0 Å². The number of hydrogen-bond acceptors (Lipinski definition) is 6. The van der Waals surface area contributed by atoms with Crippen LogP contribution >= 0.6 is 15.9 Å². The number of carbonyl (C=O) groups is 1. The SMILES string of the molecule is Cc1ccncc1-c1nc(N)c2cnc(NC(=O)C3CC3CC#N)cc2c1Br. The van der Waals surface area contributed by atoms with Crippen molar-refractivity contribution in [2.45, 2.75) is 19.8 Å². The number of anilines is 2. The summed E-state index contributed by atoms with van der Waals surface area (Å²) in [6, 6.07) is 5.81. The second kappa shape index (κ2) is 7.17. The van der Waals surface area contributed by atoms with Gasteiger partial charge in [0.1, 0.15) is 11.6 Å². The summed E-state index contributed by atoms with van der Waals surface area (Å²) in [5, 5.41) is 13.1. The molecule has 2 unspecified atom stereocenters. The first-order chi connectivity index (χ1) is 13.5. The highest BCUT2D eigenvalue weighted by molar-refractivity contribution is 9.10. The summed E-state index contributed by atoms with van der Waals surface area (Å²) >= 11 is 3.64. The number of aryl methyl sites for hydroxylation is 1. The first-order valence-electron chi connectivity index (χ1n) is 8.83. The van der Waals surface area contributed by atoms with Crippen molar-refractivity contribution >= 4 is 44.2 Å².